The summed E-state index contributed by atoms with van der Waals surface area (Å²) in [5.41, 5.74) is 0. The quantitative estimate of drug-likeness (QED) is 0.581. The third-order valence-corrected chi connectivity index (χ3v) is 1.81. The van der Waals surface area contributed by atoms with Gasteiger partial charge in [0.1, 0.15) is 6.73 Å². The van der Waals surface area contributed by atoms with Crippen molar-refractivity contribution >= 4 is 11.8 Å². The van der Waals surface area contributed by atoms with E-state index in [1.165, 1.54) is 4.90 Å². The van der Waals surface area contributed by atoms with Gasteiger partial charge in [-0.2, -0.15) is 0 Å². The zero-order valence-electron chi connectivity index (χ0n) is 7.21. The molecule has 0 radical (unpaired) electrons. The molecule has 0 spiro atoms. The maximum atomic E-state index is 11.1. The lowest BCUT2D eigenvalue weighted by Crippen LogP contribution is -2.41. The molecule has 0 aromatic heterocycles. The number of imide groups is 1. The molecule has 1 fully saturated rings. The van der Waals surface area contributed by atoms with Crippen molar-refractivity contribution in [3.63, 3.8) is 0 Å². The summed E-state index contributed by atoms with van der Waals surface area (Å²) in [6.07, 6.45) is 1.62. The molecule has 68 valence electrons. The summed E-state index contributed by atoms with van der Waals surface area (Å²) in [5, 5.41) is 0. The Hall–Kier alpha value is -0.900. The Morgan fingerprint density at radius 1 is 1.33 bits per heavy atom. The zero-order chi connectivity index (χ0) is 8.97. The van der Waals surface area contributed by atoms with Crippen molar-refractivity contribution in [2.24, 2.45) is 0 Å². The normalized spacial score (nSPS) is 18.6. The van der Waals surface area contributed by atoms with E-state index >= 15 is 0 Å². The fourth-order valence-corrected chi connectivity index (χ4v) is 1.13. The molecule has 0 aliphatic carbocycles. The van der Waals surface area contributed by atoms with Crippen molar-refractivity contribution in [2.45, 2.75) is 26.2 Å². The maximum absolute atomic E-state index is 11.1. The second-order valence-corrected chi connectivity index (χ2v) is 2.69. The lowest BCUT2D eigenvalue weighted by atomic mass is 10.1. The Bertz CT molecular complexity index is 175. The third-order valence-electron chi connectivity index (χ3n) is 1.81. The van der Waals surface area contributed by atoms with Crippen LogP contribution in [0.3, 0.4) is 0 Å². The topological polar surface area (TPSA) is 46.6 Å². The maximum Gasteiger partial charge on any atom is 0.231 e. The SMILES string of the molecule is CCOCN1C(=O)CCCC1=O. The monoisotopic (exact) mass is 171 g/mol. The first kappa shape index (κ1) is 9.19. The van der Waals surface area contributed by atoms with Crippen molar-refractivity contribution in [1.82, 2.24) is 4.90 Å². The molecule has 1 rings (SSSR count). The molecule has 4 nitrogen and oxygen atoms in total. The van der Waals surface area contributed by atoms with E-state index in [2.05, 4.69) is 0 Å². The summed E-state index contributed by atoms with van der Waals surface area (Å²) in [6, 6.07) is 0. The summed E-state index contributed by atoms with van der Waals surface area (Å²) in [4.78, 5) is 23.5. The number of carbonyl (C=O) groups excluding carboxylic acids is 2. The molecule has 1 saturated heterocycles. The highest BCUT2D eigenvalue weighted by Crippen LogP contribution is 2.11. The number of nitrogens with zero attached hydrogens (tertiary/aromatic N) is 1. The van der Waals surface area contributed by atoms with Crippen LogP contribution in [0.5, 0.6) is 0 Å². The van der Waals surface area contributed by atoms with Crippen LogP contribution in [-0.2, 0) is 14.3 Å². The molecule has 0 bridgehead atoms. The highest BCUT2D eigenvalue weighted by molar-refractivity contribution is 5.97. The van der Waals surface area contributed by atoms with Crippen LogP contribution in [0.1, 0.15) is 26.2 Å². The fourth-order valence-electron chi connectivity index (χ4n) is 1.13. The van der Waals surface area contributed by atoms with Crippen molar-refractivity contribution < 1.29 is 14.3 Å². The predicted octanol–water partition coefficient (Wildman–Crippen LogP) is 0.520. The number of hydrogen-bond donors (Lipinski definition) is 0. The Kier molecular flexibility index (Phi) is 3.22. The average molecular weight is 171 g/mol. The second-order valence-electron chi connectivity index (χ2n) is 2.69. The van der Waals surface area contributed by atoms with E-state index in [0.717, 1.165) is 0 Å². The molecular weight excluding hydrogens is 158 g/mol. The zero-order valence-corrected chi connectivity index (χ0v) is 7.21. The van der Waals surface area contributed by atoms with Crippen molar-refractivity contribution in [2.75, 3.05) is 13.3 Å². The fraction of sp³-hybridized carbons (Fsp3) is 0.750. The van der Waals surface area contributed by atoms with Gasteiger partial charge in [0.25, 0.3) is 0 Å². The minimum atomic E-state index is -0.111. The number of piperidine rings is 1. The number of hydrogen-bond acceptors (Lipinski definition) is 3. The van der Waals surface area contributed by atoms with Gasteiger partial charge < -0.3 is 4.74 Å². The van der Waals surface area contributed by atoms with Crippen LogP contribution < -0.4 is 0 Å². The summed E-state index contributed by atoms with van der Waals surface area (Å²) >= 11 is 0. The molecule has 0 unspecified atom stereocenters. The molecule has 4 heteroatoms. The summed E-state index contributed by atoms with van der Waals surface area (Å²) in [5.74, 6) is -0.223. The first-order valence-corrected chi connectivity index (χ1v) is 4.16. The van der Waals surface area contributed by atoms with Crippen molar-refractivity contribution in [3.05, 3.63) is 0 Å². The van der Waals surface area contributed by atoms with Gasteiger partial charge in [0.15, 0.2) is 0 Å². The average Bonchev–Trinajstić information content (AvgIpc) is 2.04. The number of amides is 2. The number of carbonyl (C=O) groups is 2. The van der Waals surface area contributed by atoms with Crippen LogP contribution in [0, 0.1) is 0 Å². The van der Waals surface area contributed by atoms with Gasteiger partial charge in [-0.05, 0) is 13.3 Å². The minimum Gasteiger partial charge on any atom is -0.361 e. The number of likely N-dealkylation sites (tertiary alicyclic amines) is 1. The molecule has 1 aliphatic rings. The molecule has 1 aliphatic heterocycles. The van der Waals surface area contributed by atoms with E-state index in [-0.39, 0.29) is 18.5 Å². The van der Waals surface area contributed by atoms with Crippen LogP contribution in [0.4, 0.5) is 0 Å². The third kappa shape index (κ3) is 2.04. The largest absolute Gasteiger partial charge is 0.361 e. The molecule has 12 heavy (non-hydrogen) atoms. The van der Waals surface area contributed by atoms with E-state index in [9.17, 15) is 9.59 Å². The van der Waals surface area contributed by atoms with Crippen LogP contribution >= 0.6 is 0 Å². The smallest absolute Gasteiger partial charge is 0.231 e. The molecule has 0 aromatic carbocycles. The van der Waals surface area contributed by atoms with Crippen LogP contribution in [0.15, 0.2) is 0 Å². The van der Waals surface area contributed by atoms with Gasteiger partial charge in [-0.15, -0.1) is 0 Å². The van der Waals surface area contributed by atoms with E-state index in [4.69, 9.17) is 4.74 Å². The van der Waals surface area contributed by atoms with Gasteiger partial charge in [0.2, 0.25) is 11.8 Å². The minimum absolute atomic E-state index is 0.111. The van der Waals surface area contributed by atoms with Crippen molar-refractivity contribution in [3.8, 4) is 0 Å². The summed E-state index contributed by atoms with van der Waals surface area (Å²) < 4.78 is 5.00. The predicted molar refractivity (Wildman–Crippen MR) is 42.2 cm³/mol. The highest BCUT2D eigenvalue weighted by atomic mass is 16.5. The van der Waals surface area contributed by atoms with Gasteiger partial charge in [0.05, 0.1) is 0 Å². The van der Waals surface area contributed by atoms with E-state index < -0.39 is 0 Å². The second kappa shape index (κ2) is 4.21. The van der Waals surface area contributed by atoms with E-state index in [1.54, 1.807) is 0 Å². The van der Waals surface area contributed by atoms with Gasteiger partial charge in [-0.1, -0.05) is 0 Å². The Labute approximate surface area is 71.5 Å². The molecule has 2 amide bonds. The lowest BCUT2D eigenvalue weighted by Gasteiger charge is -2.23. The number of ether oxygens (including phenoxy) is 1. The number of rotatable bonds is 3. The first-order chi connectivity index (χ1) is 5.75. The molecular formula is C8H13NO3. The van der Waals surface area contributed by atoms with Gasteiger partial charge >= 0.3 is 0 Å². The molecule has 0 aromatic rings. The van der Waals surface area contributed by atoms with Crippen LogP contribution in [0.25, 0.3) is 0 Å². The van der Waals surface area contributed by atoms with Crippen LogP contribution in [0.2, 0.25) is 0 Å². The summed E-state index contributed by atoms with van der Waals surface area (Å²) in [6.45, 7) is 2.48. The molecule has 0 N–H and O–H groups in total. The lowest BCUT2D eigenvalue weighted by molar-refractivity contribution is -0.154. The van der Waals surface area contributed by atoms with E-state index in [1.807, 2.05) is 6.92 Å². The summed E-state index contributed by atoms with van der Waals surface area (Å²) in [7, 11) is 0. The molecule has 0 saturated carbocycles. The molecule has 0 atom stereocenters. The molecule has 1 heterocycles. The first-order valence-electron chi connectivity index (χ1n) is 4.16. The van der Waals surface area contributed by atoms with Crippen molar-refractivity contribution in [1.29, 1.82) is 0 Å². The van der Waals surface area contributed by atoms with Gasteiger partial charge in [-0.25, -0.2) is 0 Å². The van der Waals surface area contributed by atoms with E-state index in [0.29, 0.717) is 25.9 Å². The Morgan fingerprint density at radius 3 is 2.42 bits per heavy atom. The van der Waals surface area contributed by atoms with Gasteiger partial charge in [-0.3, -0.25) is 14.5 Å². The Balaban J connectivity index is 2.45. The van der Waals surface area contributed by atoms with Crippen LogP contribution in [-0.4, -0.2) is 30.1 Å². The standard InChI is InChI=1S/C8H13NO3/c1-2-12-6-9-7(10)4-3-5-8(9)11/h2-6H2,1H3. The highest BCUT2D eigenvalue weighted by Gasteiger charge is 2.25. The Morgan fingerprint density at radius 2 is 1.92 bits per heavy atom. The van der Waals surface area contributed by atoms with Gasteiger partial charge in [0, 0.05) is 19.4 Å².